The van der Waals surface area contributed by atoms with Crippen molar-refractivity contribution in [1.82, 2.24) is 0 Å². The van der Waals surface area contributed by atoms with Crippen LogP contribution in [0.1, 0.15) is 5.56 Å². The maximum absolute atomic E-state index is 13.3. The summed E-state index contributed by atoms with van der Waals surface area (Å²) in [5.74, 6) is -0.711. The van der Waals surface area contributed by atoms with E-state index >= 15 is 0 Å². The monoisotopic (exact) mass is 346 g/mol. The molecule has 3 rings (SSSR count). The highest BCUT2D eigenvalue weighted by Crippen LogP contribution is 2.16. The molecule has 6 heteroatoms. The van der Waals surface area contributed by atoms with Crippen LogP contribution in [-0.4, -0.2) is 38.6 Å². The van der Waals surface area contributed by atoms with Gasteiger partial charge >= 0.3 is 0 Å². The molecular formula is C19H22F2N3O+. The van der Waals surface area contributed by atoms with Gasteiger partial charge in [0.2, 0.25) is 0 Å². The van der Waals surface area contributed by atoms with Gasteiger partial charge in [0, 0.05) is 11.4 Å². The predicted octanol–water partition coefficient (Wildman–Crippen LogP) is 1.62. The molecule has 1 aliphatic heterocycles. The van der Waals surface area contributed by atoms with E-state index in [1.165, 1.54) is 29.2 Å². The highest BCUT2D eigenvalue weighted by Gasteiger charge is 2.22. The van der Waals surface area contributed by atoms with Gasteiger partial charge in [0.15, 0.2) is 6.54 Å². The van der Waals surface area contributed by atoms with Gasteiger partial charge in [-0.15, -0.1) is 0 Å². The third-order valence-corrected chi connectivity index (χ3v) is 4.55. The number of halogens is 2. The highest BCUT2D eigenvalue weighted by atomic mass is 19.1. The number of benzene rings is 2. The van der Waals surface area contributed by atoms with Crippen LogP contribution in [0.15, 0.2) is 42.5 Å². The molecule has 1 amide bonds. The van der Waals surface area contributed by atoms with Gasteiger partial charge in [-0.05, 0) is 48.9 Å². The molecule has 1 aliphatic rings. The second-order valence-electron chi connectivity index (χ2n) is 6.40. The van der Waals surface area contributed by atoms with Crippen LogP contribution in [0.5, 0.6) is 0 Å². The third kappa shape index (κ3) is 4.54. The molecule has 2 N–H and O–H groups in total. The fraction of sp³-hybridized carbons (Fsp3) is 0.316. The van der Waals surface area contributed by atoms with Gasteiger partial charge in [0.1, 0.15) is 11.6 Å². The summed E-state index contributed by atoms with van der Waals surface area (Å²) in [7, 11) is 0. The number of carbonyl (C=O) groups excluding carboxylic acids is 1. The standard InChI is InChI=1S/C19H21F2N3O/c1-14-2-3-16(21)12-18(14)22-19(25)13-23-8-10-24(11-9-23)17-6-4-15(20)5-7-17/h2-7,12H,8-11,13H2,1H3,(H,22,25)/p+1. The Balaban J connectivity index is 1.51. The van der Waals surface area contributed by atoms with Crippen LogP contribution < -0.4 is 15.1 Å². The topological polar surface area (TPSA) is 36.8 Å². The van der Waals surface area contributed by atoms with Crippen molar-refractivity contribution in [2.24, 2.45) is 0 Å². The number of nitrogens with zero attached hydrogens (tertiary/aromatic N) is 1. The zero-order valence-electron chi connectivity index (χ0n) is 14.2. The Kier molecular flexibility index (Phi) is 5.28. The first-order valence-corrected chi connectivity index (χ1v) is 8.41. The predicted molar refractivity (Wildman–Crippen MR) is 93.9 cm³/mol. The first-order valence-electron chi connectivity index (χ1n) is 8.41. The number of rotatable bonds is 4. The Morgan fingerprint density at radius 3 is 2.40 bits per heavy atom. The SMILES string of the molecule is Cc1ccc(F)cc1NC(=O)C[NH+]1CCN(c2ccc(F)cc2)CC1. The van der Waals surface area contributed by atoms with E-state index in [1.54, 1.807) is 18.2 Å². The maximum Gasteiger partial charge on any atom is 0.279 e. The van der Waals surface area contributed by atoms with E-state index in [2.05, 4.69) is 10.2 Å². The van der Waals surface area contributed by atoms with E-state index in [9.17, 15) is 13.6 Å². The molecule has 0 bridgehead atoms. The Morgan fingerprint density at radius 1 is 1.08 bits per heavy atom. The fourth-order valence-electron chi connectivity index (χ4n) is 3.06. The number of aryl methyl sites for hydroxylation is 1. The van der Waals surface area contributed by atoms with Crippen LogP contribution in [0.2, 0.25) is 0 Å². The highest BCUT2D eigenvalue weighted by molar-refractivity contribution is 5.92. The summed E-state index contributed by atoms with van der Waals surface area (Å²) in [4.78, 5) is 15.6. The van der Waals surface area contributed by atoms with Crippen molar-refractivity contribution in [3.05, 3.63) is 59.7 Å². The van der Waals surface area contributed by atoms with E-state index in [0.717, 1.165) is 37.4 Å². The zero-order chi connectivity index (χ0) is 17.8. The second kappa shape index (κ2) is 7.61. The summed E-state index contributed by atoms with van der Waals surface area (Å²) in [5, 5.41) is 2.79. The number of hydrogen-bond donors (Lipinski definition) is 2. The van der Waals surface area contributed by atoms with E-state index in [4.69, 9.17) is 0 Å². The number of piperazine rings is 1. The van der Waals surface area contributed by atoms with E-state index < -0.39 is 0 Å². The lowest BCUT2D eigenvalue weighted by atomic mass is 10.2. The quantitative estimate of drug-likeness (QED) is 0.883. The number of nitrogens with one attached hydrogen (secondary N) is 2. The first-order chi connectivity index (χ1) is 12.0. The van der Waals surface area contributed by atoms with Crippen LogP contribution in [0.3, 0.4) is 0 Å². The molecule has 4 nitrogen and oxygen atoms in total. The van der Waals surface area contributed by atoms with Crippen molar-refractivity contribution >= 4 is 17.3 Å². The Bertz CT molecular complexity index is 741. The van der Waals surface area contributed by atoms with Crippen LogP contribution in [-0.2, 0) is 4.79 Å². The number of anilines is 2. The Labute approximate surface area is 146 Å². The lowest BCUT2D eigenvalue weighted by molar-refractivity contribution is -0.892. The molecular weight excluding hydrogens is 324 g/mol. The molecule has 25 heavy (non-hydrogen) atoms. The van der Waals surface area contributed by atoms with Crippen molar-refractivity contribution in [1.29, 1.82) is 0 Å². The zero-order valence-corrected chi connectivity index (χ0v) is 14.2. The van der Waals surface area contributed by atoms with Crippen molar-refractivity contribution in [3.63, 3.8) is 0 Å². The Hall–Kier alpha value is -2.47. The van der Waals surface area contributed by atoms with Gasteiger partial charge in [-0.3, -0.25) is 4.79 Å². The fourth-order valence-corrected chi connectivity index (χ4v) is 3.06. The average molecular weight is 346 g/mol. The lowest BCUT2D eigenvalue weighted by Crippen LogP contribution is -3.15. The summed E-state index contributed by atoms with van der Waals surface area (Å²) < 4.78 is 26.3. The molecule has 1 fully saturated rings. The molecule has 0 saturated carbocycles. The van der Waals surface area contributed by atoms with Crippen LogP contribution in [0, 0.1) is 18.6 Å². The third-order valence-electron chi connectivity index (χ3n) is 4.55. The van der Waals surface area contributed by atoms with Crippen molar-refractivity contribution in [2.75, 3.05) is 42.9 Å². The summed E-state index contributed by atoms with van der Waals surface area (Å²) >= 11 is 0. The molecule has 1 heterocycles. The number of carbonyl (C=O) groups is 1. The molecule has 2 aromatic carbocycles. The minimum Gasteiger partial charge on any atom is -0.360 e. The van der Waals surface area contributed by atoms with Gasteiger partial charge in [-0.1, -0.05) is 6.07 Å². The van der Waals surface area contributed by atoms with Gasteiger partial charge in [-0.25, -0.2) is 8.78 Å². The lowest BCUT2D eigenvalue weighted by Gasteiger charge is -2.33. The second-order valence-corrected chi connectivity index (χ2v) is 6.40. The summed E-state index contributed by atoms with van der Waals surface area (Å²) in [5.41, 5.74) is 2.36. The molecule has 0 aromatic heterocycles. The minimum absolute atomic E-state index is 0.112. The van der Waals surface area contributed by atoms with Crippen LogP contribution >= 0.6 is 0 Å². The smallest absolute Gasteiger partial charge is 0.279 e. The molecule has 0 aliphatic carbocycles. The molecule has 0 spiro atoms. The van der Waals surface area contributed by atoms with Crippen LogP contribution in [0.25, 0.3) is 0 Å². The van der Waals surface area contributed by atoms with E-state index in [1.807, 2.05) is 6.92 Å². The van der Waals surface area contributed by atoms with Crippen molar-refractivity contribution in [2.45, 2.75) is 6.92 Å². The normalized spacial score (nSPS) is 15.2. The molecule has 0 unspecified atom stereocenters. The molecule has 132 valence electrons. The summed E-state index contributed by atoms with van der Waals surface area (Å²) in [6, 6.07) is 10.9. The van der Waals surface area contributed by atoms with Gasteiger partial charge in [0.05, 0.1) is 26.2 Å². The molecule has 2 aromatic rings. The number of hydrogen-bond acceptors (Lipinski definition) is 2. The maximum atomic E-state index is 13.3. The van der Waals surface area contributed by atoms with Crippen molar-refractivity contribution < 1.29 is 18.5 Å². The molecule has 0 radical (unpaired) electrons. The van der Waals surface area contributed by atoms with Gasteiger partial charge in [0.25, 0.3) is 5.91 Å². The van der Waals surface area contributed by atoms with Gasteiger partial charge < -0.3 is 15.1 Å². The molecule has 0 atom stereocenters. The van der Waals surface area contributed by atoms with Crippen LogP contribution in [0.4, 0.5) is 20.2 Å². The largest absolute Gasteiger partial charge is 0.360 e. The Morgan fingerprint density at radius 2 is 1.72 bits per heavy atom. The number of quaternary nitrogens is 1. The summed E-state index contributed by atoms with van der Waals surface area (Å²) in [6.07, 6.45) is 0. The first kappa shape index (κ1) is 17.4. The average Bonchev–Trinajstić information content (AvgIpc) is 2.59. The van der Waals surface area contributed by atoms with E-state index in [0.29, 0.717) is 12.2 Å². The van der Waals surface area contributed by atoms with E-state index in [-0.39, 0.29) is 17.5 Å². The number of amides is 1. The van der Waals surface area contributed by atoms with Crippen molar-refractivity contribution in [3.8, 4) is 0 Å². The summed E-state index contributed by atoms with van der Waals surface area (Å²) in [6.45, 7) is 5.47. The molecule has 1 saturated heterocycles. The minimum atomic E-state index is -0.360. The van der Waals surface area contributed by atoms with Gasteiger partial charge in [-0.2, -0.15) is 0 Å².